The first-order chi connectivity index (χ1) is 9.98. The molecule has 114 valence electrons. The van der Waals surface area contributed by atoms with Crippen LogP contribution in [0.2, 0.25) is 0 Å². The Labute approximate surface area is 123 Å². The normalized spacial score (nSPS) is 23.1. The fraction of sp³-hybridized carbons (Fsp3) is 0.462. The lowest BCUT2D eigenvalue weighted by molar-refractivity contribution is -0.118. The molecule has 1 atom stereocenters. The fourth-order valence-electron chi connectivity index (χ4n) is 2.54. The maximum absolute atomic E-state index is 12.7. The number of piperazine rings is 1. The van der Waals surface area contributed by atoms with Crippen molar-refractivity contribution < 1.29 is 17.9 Å². The Morgan fingerprint density at radius 3 is 2.95 bits per heavy atom. The van der Waals surface area contributed by atoms with Gasteiger partial charge in [-0.25, -0.2) is 8.42 Å². The Morgan fingerprint density at radius 1 is 1.38 bits per heavy atom. The lowest BCUT2D eigenvalue weighted by atomic mass is 10.2. The number of nitrogens with zero attached hydrogens (tertiary/aromatic N) is 1. The molecule has 0 saturated carbocycles. The molecule has 1 saturated heterocycles. The van der Waals surface area contributed by atoms with Crippen molar-refractivity contribution in [2.24, 2.45) is 0 Å². The number of hydrogen-bond donors (Lipinski definition) is 2. The summed E-state index contributed by atoms with van der Waals surface area (Å²) in [6.07, 6.45) is 0. The second-order valence-corrected chi connectivity index (χ2v) is 7.05. The smallest absolute Gasteiger partial charge is 0.262 e. The second kappa shape index (κ2) is 5.28. The number of fused-ring (bicyclic) bond motifs is 1. The van der Waals surface area contributed by atoms with Gasteiger partial charge in [0.1, 0.15) is 5.75 Å². The van der Waals surface area contributed by atoms with Crippen molar-refractivity contribution in [3.05, 3.63) is 18.2 Å². The molecule has 0 bridgehead atoms. The van der Waals surface area contributed by atoms with E-state index in [0.717, 1.165) is 0 Å². The number of sulfonamides is 1. The predicted molar refractivity (Wildman–Crippen MR) is 76.8 cm³/mol. The molecule has 2 aliphatic rings. The molecule has 7 nitrogen and oxygen atoms in total. The molecule has 0 radical (unpaired) electrons. The van der Waals surface area contributed by atoms with Gasteiger partial charge >= 0.3 is 0 Å². The van der Waals surface area contributed by atoms with Gasteiger partial charge in [-0.1, -0.05) is 0 Å². The van der Waals surface area contributed by atoms with Crippen LogP contribution in [0.4, 0.5) is 5.69 Å². The van der Waals surface area contributed by atoms with E-state index in [4.69, 9.17) is 4.74 Å². The summed E-state index contributed by atoms with van der Waals surface area (Å²) in [5, 5.41) is 5.79. The fourth-order valence-corrected chi connectivity index (χ4v) is 4.20. The maximum atomic E-state index is 12.7. The SMILES string of the molecule is C[C@@H]1CNCCN1S(=O)(=O)c1ccc2c(c1)NC(=O)CO2. The zero-order chi connectivity index (χ0) is 15.0. The van der Waals surface area contributed by atoms with Gasteiger partial charge in [0.05, 0.1) is 10.6 Å². The van der Waals surface area contributed by atoms with Gasteiger partial charge in [-0.2, -0.15) is 4.31 Å². The monoisotopic (exact) mass is 311 g/mol. The molecule has 0 unspecified atom stereocenters. The molecule has 1 aromatic carbocycles. The van der Waals surface area contributed by atoms with Gasteiger partial charge in [-0.05, 0) is 25.1 Å². The Bertz CT molecular complexity index is 674. The van der Waals surface area contributed by atoms with Crippen LogP contribution in [0.1, 0.15) is 6.92 Å². The Morgan fingerprint density at radius 2 is 2.19 bits per heavy atom. The Hall–Kier alpha value is -1.64. The van der Waals surface area contributed by atoms with Gasteiger partial charge in [0.2, 0.25) is 10.0 Å². The highest BCUT2D eigenvalue weighted by Crippen LogP contribution is 2.31. The molecule has 2 aliphatic heterocycles. The molecule has 2 heterocycles. The van der Waals surface area contributed by atoms with Crippen LogP contribution in [0, 0.1) is 0 Å². The third-order valence-electron chi connectivity index (χ3n) is 3.63. The number of nitrogens with one attached hydrogen (secondary N) is 2. The number of ether oxygens (including phenoxy) is 1. The number of rotatable bonds is 2. The second-order valence-electron chi connectivity index (χ2n) is 5.16. The third-order valence-corrected chi connectivity index (χ3v) is 5.64. The maximum Gasteiger partial charge on any atom is 0.262 e. The van der Waals surface area contributed by atoms with E-state index in [1.807, 2.05) is 6.92 Å². The molecule has 0 spiro atoms. The molecule has 1 aromatic rings. The largest absolute Gasteiger partial charge is 0.482 e. The van der Waals surface area contributed by atoms with E-state index in [0.29, 0.717) is 31.1 Å². The number of amides is 1. The van der Waals surface area contributed by atoms with Crippen molar-refractivity contribution >= 4 is 21.6 Å². The van der Waals surface area contributed by atoms with Crippen LogP contribution in [-0.2, 0) is 14.8 Å². The molecular weight excluding hydrogens is 294 g/mol. The van der Waals surface area contributed by atoms with Crippen LogP contribution in [0.25, 0.3) is 0 Å². The first-order valence-corrected chi connectivity index (χ1v) is 8.22. The van der Waals surface area contributed by atoms with Gasteiger partial charge < -0.3 is 15.4 Å². The number of carbonyl (C=O) groups excluding carboxylic acids is 1. The van der Waals surface area contributed by atoms with E-state index < -0.39 is 10.0 Å². The predicted octanol–water partition coefficient (Wildman–Crippen LogP) is -0.0001000. The molecule has 2 N–H and O–H groups in total. The van der Waals surface area contributed by atoms with Crippen LogP contribution >= 0.6 is 0 Å². The standard InChI is InChI=1S/C13H17N3O4S/c1-9-7-14-4-5-16(9)21(18,19)10-2-3-12-11(6-10)15-13(17)8-20-12/h2-3,6,9,14H,4-5,7-8H2,1H3,(H,15,17)/t9-/m1/s1. The number of carbonyl (C=O) groups is 1. The van der Waals surface area contributed by atoms with Crippen molar-refractivity contribution in [1.29, 1.82) is 0 Å². The lowest BCUT2D eigenvalue weighted by Gasteiger charge is -2.33. The van der Waals surface area contributed by atoms with Crippen molar-refractivity contribution in [3.63, 3.8) is 0 Å². The first kappa shape index (κ1) is 14.3. The molecule has 0 aliphatic carbocycles. The minimum absolute atomic E-state index is 0.0477. The van der Waals surface area contributed by atoms with E-state index in [1.54, 1.807) is 6.07 Å². The average Bonchev–Trinajstić information content (AvgIpc) is 2.46. The summed E-state index contributed by atoms with van der Waals surface area (Å²) in [4.78, 5) is 11.5. The summed E-state index contributed by atoms with van der Waals surface area (Å²) in [7, 11) is -3.58. The van der Waals surface area contributed by atoms with Gasteiger partial charge in [0, 0.05) is 25.7 Å². The third kappa shape index (κ3) is 2.61. The Balaban J connectivity index is 1.95. The van der Waals surface area contributed by atoms with Gasteiger partial charge in [0.15, 0.2) is 6.61 Å². The lowest BCUT2D eigenvalue weighted by Crippen LogP contribution is -2.52. The highest BCUT2D eigenvalue weighted by Gasteiger charge is 2.31. The van der Waals surface area contributed by atoms with E-state index >= 15 is 0 Å². The van der Waals surface area contributed by atoms with E-state index in [1.165, 1.54) is 16.4 Å². The summed E-state index contributed by atoms with van der Waals surface area (Å²) in [6, 6.07) is 4.44. The number of anilines is 1. The summed E-state index contributed by atoms with van der Waals surface area (Å²) in [5.41, 5.74) is 0.398. The molecule has 0 aromatic heterocycles. The minimum atomic E-state index is -3.58. The van der Waals surface area contributed by atoms with Crippen molar-refractivity contribution in [2.75, 3.05) is 31.6 Å². The summed E-state index contributed by atoms with van der Waals surface area (Å²) >= 11 is 0. The number of benzene rings is 1. The van der Waals surface area contributed by atoms with Crippen LogP contribution in [0.15, 0.2) is 23.1 Å². The van der Waals surface area contributed by atoms with E-state index in [9.17, 15) is 13.2 Å². The van der Waals surface area contributed by atoms with Crippen molar-refractivity contribution in [1.82, 2.24) is 9.62 Å². The summed E-state index contributed by atoms with van der Waals surface area (Å²) in [6.45, 7) is 3.52. The zero-order valence-electron chi connectivity index (χ0n) is 11.6. The van der Waals surface area contributed by atoms with Crippen molar-refractivity contribution in [3.8, 4) is 5.75 Å². The molecule has 8 heteroatoms. The van der Waals surface area contributed by atoms with Gasteiger partial charge in [0.25, 0.3) is 5.91 Å². The van der Waals surface area contributed by atoms with Crippen LogP contribution < -0.4 is 15.4 Å². The number of hydrogen-bond acceptors (Lipinski definition) is 5. The summed E-state index contributed by atoms with van der Waals surface area (Å²) < 4.78 is 32.1. The molecule has 1 fully saturated rings. The van der Waals surface area contributed by atoms with Crippen LogP contribution in [0.5, 0.6) is 5.75 Å². The quantitative estimate of drug-likeness (QED) is 0.803. The molecule has 3 rings (SSSR count). The minimum Gasteiger partial charge on any atom is -0.482 e. The first-order valence-electron chi connectivity index (χ1n) is 6.78. The topological polar surface area (TPSA) is 87.7 Å². The van der Waals surface area contributed by atoms with Crippen molar-refractivity contribution in [2.45, 2.75) is 17.9 Å². The summed E-state index contributed by atoms with van der Waals surface area (Å²) in [5.74, 6) is 0.203. The molecule has 1 amide bonds. The van der Waals surface area contributed by atoms with Crippen LogP contribution in [0.3, 0.4) is 0 Å². The zero-order valence-corrected chi connectivity index (χ0v) is 12.4. The van der Waals surface area contributed by atoms with E-state index in [-0.39, 0.29) is 23.5 Å². The average molecular weight is 311 g/mol. The van der Waals surface area contributed by atoms with E-state index in [2.05, 4.69) is 10.6 Å². The highest BCUT2D eigenvalue weighted by atomic mass is 32.2. The molecule has 21 heavy (non-hydrogen) atoms. The van der Waals surface area contributed by atoms with Crippen LogP contribution in [-0.4, -0.2) is 50.9 Å². The molecular formula is C13H17N3O4S. The highest BCUT2D eigenvalue weighted by molar-refractivity contribution is 7.89. The van der Waals surface area contributed by atoms with Gasteiger partial charge in [-0.3, -0.25) is 4.79 Å². The van der Waals surface area contributed by atoms with Gasteiger partial charge in [-0.15, -0.1) is 0 Å². The Kier molecular flexibility index (Phi) is 3.60.